The Morgan fingerprint density at radius 1 is 1.12 bits per heavy atom. The molecule has 0 aliphatic heterocycles. The van der Waals surface area contributed by atoms with E-state index >= 15 is 0 Å². The summed E-state index contributed by atoms with van der Waals surface area (Å²) in [7, 11) is -9.71. The van der Waals surface area contributed by atoms with Crippen LogP contribution < -0.4 is 0 Å². The van der Waals surface area contributed by atoms with Crippen molar-refractivity contribution in [1.82, 2.24) is 0 Å². The van der Waals surface area contributed by atoms with Gasteiger partial charge in [0.25, 0.3) is 0 Å². The van der Waals surface area contributed by atoms with Gasteiger partial charge in [0.2, 0.25) is 0 Å². The summed E-state index contributed by atoms with van der Waals surface area (Å²) in [6.45, 7) is 3.62. The van der Waals surface area contributed by atoms with E-state index in [0.717, 1.165) is 25.7 Å². The van der Waals surface area contributed by atoms with E-state index in [1.807, 2.05) is 0 Å². The maximum atomic E-state index is 11.1. The van der Waals surface area contributed by atoms with Crippen molar-refractivity contribution in [3.05, 3.63) is 0 Å². The van der Waals surface area contributed by atoms with Gasteiger partial charge in [0.1, 0.15) is 0 Å². The lowest BCUT2D eigenvalue weighted by atomic mass is 10.1. The van der Waals surface area contributed by atoms with Crippen LogP contribution in [-0.4, -0.2) is 20.8 Å². The van der Waals surface area contributed by atoms with E-state index in [2.05, 4.69) is 15.8 Å². The van der Waals surface area contributed by atoms with Crippen LogP contribution in [0, 0.1) is 0 Å². The normalized spacial score (nSPS) is 17.7. The van der Waals surface area contributed by atoms with Crippen molar-refractivity contribution in [2.45, 2.75) is 52.1 Å². The van der Waals surface area contributed by atoms with Gasteiger partial charge in [0.15, 0.2) is 0 Å². The second-order valence-corrected chi connectivity index (χ2v) is 6.59. The highest BCUT2D eigenvalue weighted by Crippen LogP contribution is 2.58. The summed E-state index contributed by atoms with van der Waals surface area (Å²) in [6, 6.07) is 0. The molecule has 2 unspecified atom stereocenters. The fourth-order valence-corrected chi connectivity index (χ4v) is 3.08. The number of hydrogen-bond acceptors (Lipinski definition) is 4. The molecule has 0 aliphatic rings. The van der Waals surface area contributed by atoms with Crippen LogP contribution in [0.1, 0.15) is 46.0 Å². The van der Waals surface area contributed by atoms with E-state index < -0.39 is 21.7 Å². The molecule has 104 valence electrons. The highest BCUT2D eigenvalue weighted by Gasteiger charge is 2.33. The van der Waals surface area contributed by atoms with E-state index in [1.54, 1.807) is 6.92 Å². The monoisotopic (exact) mass is 290 g/mol. The molecule has 3 N–H and O–H groups in total. The Kier molecular flexibility index (Phi) is 7.76. The van der Waals surface area contributed by atoms with E-state index in [0.29, 0.717) is 6.42 Å². The molecular weight excluding hydrogens is 270 g/mol. The second-order valence-electron chi connectivity index (χ2n) is 3.81. The zero-order valence-corrected chi connectivity index (χ0v) is 11.8. The third-order valence-electron chi connectivity index (χ3n) is 1.99. The zero-order chi connectivity index (χ0) is 13.5. The third-order valence-corrected chi connectivity index (χ3v) is 4.29. The lowest BCUT2D eigenvalue weighted by Gasteiger charge is -2.17. The van der Waals surface area contributed by atoms with E-state index in [-0.39, 0.29) is 0 Å². The van der Waals surface area contributed by atoms with Gasteiger partial charge in [0.05, 0.1) is 6.10 Å². The summed E-state index contributed by atoms with van der Waals surface area (Å²) in [4.78, 5) is 25.8. The maximum Gasteiger partial charge on any atom is 0.481 e. The zero-order valence-electron chi connectivity index (χ0n) is 9.98. The molecule has 0 aromatic rings. The van der Waals surface area contributed by atoms with E-state index in [1.165, 1.54) is 0 Å². The Bertz CT molecular complexity index is 300. The molecule has 0 saturated carbocycles. The first-order valence-electron chi connectivity index (χ1n) is 5.44. The number of rotatable bonds is 9. The summed E-state index contributed by atoms with van der Waals surface area (Å²) in [5.41, 5.74) is 0. The molecule has 0 aromatic heterocycles. The van der Waals surface area contributed by atoms with E-state index in [4.69, 9.17) is 14.7 Å². The smallest absolute Gasteiger partial charge is 0.302 e. The van der Waals surface area contributed by atoms with Crippen molar-refractivity contribution in [3.8, 4) is 0 Å². The summed E-state index contributed by atoms with van der Waals surface area (Å²) in [6.07, 6.45) is 3.91. The van der Waals surface area contributed by atoms with Gasteiger partial charge in [0, 0.05) is 0 Å². The molecule has 2 atom stereocenters. The minimum atomic E-state index is -5.02. The molecule has 0 heterocycles. The first-order chi connectivity index (χ1) is 7.66. The standard InChI is InChI=1S/C8H20O7P2/c1-3-4-5-6-7-8(2)14-17(12,13)15-16(9,10)11/h8H,3-7H2,1-2H3,(H,12,13)(H2,9,10,11). The number of hydrogen-bond donors (Lipinski definition) is 3. The predicted molar refractivity (Wildman–Crippen MR) is 62.3 cm³/mol. The Morgan fingerprint density at radius 3 is 2.18 bits per heavy atom. The van der Waals surface area contributed by atoms with Gasteiger partial charge in [-0.25, -0.2) is 9.13 Å². The second kappa shape index (κ2) is 7.64. The van der Waals surface area contributed by atoms with Crippen molar-refractivity contribution in [3.63, 3.8) is 0 Å². The van der Waals surface area contributed by atoms with Crippen LogP contribution in [0.2, 0.25) is 0 Å². The van der Waals surface area contributed by atoms with Gasteiger partial charge in [-0.3, -0.25) is 4.52 Å². The van der Waals surface area contributed by atoms with Gasteiger partial charge in [-0.05, 0) is 13.3 Å². The van der Waals surface area contributed by atoms with E-state index in [9.17, 15) is 9.13 Å². The Labute approximate surface area is 101 Å². The van der Waals surface area contributed by atoms with Crippen LogP contribution in [0.4, 0.5) is 0 Å². The predicted octanol–water partition coefficient (Wildman–Crippen LogP) is 2.57. The molecule has 0 spiro atoms. The van der Waals surface area contributed by atoms with Crippen LogP contribution in [0.15, 0.2) is 0 Å². The molecule has 17 heavy (non-hydrogen) atoms. The van der Waals surface area contributed by atoms with Crippen LogP contribution in [0.3, 0.4) is 0 Å². The van der Waals surface area contributed by atoms with Crippen molar-refractivity contribution < 1.29 is 32.6 Å². The van der Waals surface area contributed by atoms with Gasteiger partial charge >= 0.3 is 15.6 Å². The molecule has 0 rings (SSSR count). The Morgan fingerprint density at radius 2 is 1.71 bits per heavy atom. The highest BCUT2D eigenvalue weighted by atomic mass is 31.3. The van der Waals surface area contributed by atoms with Gasteiger partial charge in [-0.2, -0.15) is 4.31 Å². The summed E-state index contributed by atoms with van der Waals surface area (Å²) < 4.78 is 29.8. The average Bonchev–Trinajstić information content (AvgIpc) is 2.07. The topological polar surface area (TPSA) is 113 Å². The van der Waals surface area contributed by atoms with Crippen LogP contribution >= 0.6 is 15.6 Å². The molecule has 0 fully saturated rings. The molecule has 0 aliphatic carbocycles. The Balaban J connectivity index is 3.97. The highest BCUT2D eigenvalue weighted by molar-refractivity contribution is 7.60. The molecule has 0 aromatic carbocycles. The van der Waals surface area contributed by atoms with Crippen molar-refractivity contribution in [1.29, 1.82) is 0 Å². The van der Waals surface area contributed by atoms with Crippen LogP contribution in [0.25, 0.3) is 0 Å². The summed E-state index contributed by atoms with van der Waals surface area (Å²) >= 11 is 0. The quantitative estimate of drug-likeness (QED) is 0.441. The molecule has 0 bridgehead atoms. The average molecular weight is 290 g/mol. The fraction of sp³-hybridized carbons (Fsp3) is 1.00. The van der Waals surface area contributed by atoms with Crippen LogP contribution in [-0.2, 0) is 18.0 Å². The molecule has 0 amide bonds. The first kappa shape index (κ1) is 17.3. The van der Waals surface area contributed by atoms with Gasteiger partial charge in [-0.15, -0.1) is 0 Å². The molecule has 0 radical (unpaired) electrons. The SMILES string of the molecule is CCCCCCC(C)OP(=O)(O)OP(=O)(O)O. The third kappa shape index (κ3) is 11.1. The number of unbranched alkanes of at least 4 members (excludes halogenated alkanes) is 3. The molecule has 9 heteroatoms. The van der Waals surface area contributed by atoms with Crippen LogP contribution in [0.5, 0.6) is 0 Å². The number of phosphoric ester groups is 1. The molecular formula is C8H20O7P2. The molecule has 7 nitrogen and oxygen atoms in total. The van der Waals surface area contributed by atoms with Crippen molar-refractivity contribution in [2.24, 2.45) is 0 Å². The number of phosphoric acid groups is 2. The lowest BCUT2D eigenvalue weighted by Crippen LogP contribution is -2.07. The van der Waals surface area contributed by atoms with Crippen molar-refractivity contribution >= 4 is 15.6 Å². The first-order valence-corrected chi connectivity index (χ1v) is 8.47. The minimum absolute atomic E-state index is 0.537. The van der Waals surface area contributed by atoms with Gasteiger partial charge < -0.3 is 14.7 Å². The minimum Gasteiger partial charge on any atom is -0.302 e. The maximum absolute atomic E-state index is 11.1. The van der Waals surface area contributed by atoms with Crippen molar-refractivity contribution in [2.75, 3.05) is 0 Å². The lowest BCUT2D eigenvalue weighted by molar-refractivity contribution is 0.130. The Hall–Kier alpha value is 0.260. The fourth-order valence-electron chi connectivity index (χ4n) is 1.29. The molecule has 0 saturated heterocycles. The largest absolute Gasteiger partial charge is 0.481 e. The summed E-state index contributed by atoms with van der Waals surface area (Å²) in [5, 5.41) is 0. The summed E-state index contributed by atoms with van der Waals surface area (Å²) in [5.74, 6) is 0. The van der Waals surface area contributed by atoms with Gasteiger partial charge in [-0.1, -0.05) is 32.6 Å².